The summed E-state index contributed by atoms with van der Waals surface area (Å²) >= 11 is 2.12. The quantitative estimate of drug-likeness (QED) is 0.834. The maximum atomic E-state index is 13.2. The second kappa shape index (κ2) is 5.13. The van der Waals surface area contributed by atoms with E-state index in [4.69, 9.17) is 0 Å². The Labute approximate surface area is 117 Å². The van der Waals surface area contributed by atoms with Gasteiger partial charge in [-0.25, -0.2) is 18.7 Å². The van der Waals surface area contributed by atoms with Gasteiger partial charge in [-0.15, -0.1) is 0 Å². The Morgan fingerprint density at radius 2 is 1.72 bits per heavy atom. The van der Waals surface area contributed by atoms with Crippen LogP contribution in [0.25, 0.3) is 11.4 Å². The normalized spacial score (nSPS) is 10.5. The van der Waals surface area contributed by atoms with Crippen LogP contribution in [-0.2, 0) is 0 Å². The summed E-state index contributed by atoms with van der Waals surface area (Å²) in [5.74, 6) is -0.343. The van der Waals surface area contributed by atoms with Crippen LogP contribution in [0.5, 0.6) is 0 Å². The smallest absolute Gasteiger partial charge is 0.162 e. The number of nitrogens with one attached hydrogen (secondary N) is 1. The minimum atomic E-state index is -0.643. The fraction of sp³-hybridized carbons (Fsp3) is 0.167. The van der Waals surface area contributed by atoms with Crippen molar-refractivity contribution in [3.05, 3.63) is 39.1 Å². The summed E-state index contributed by atoms with van der Waals surface area (Å²) in [5, 5.41) is 2.93. The average Bonchev–Trinajstić information content (AvgIpc) is 2.31. The van der Waals surface area contributed by atoms with Gasteiger partial charge in [0.2, 0.25) is 0 Å². The number of nitrogens with zero attached hydrogens (tertiary/aromatic N) is 2. The first kappa shape index (κ1) is 13.1. The molecule has 3 nitrogen and oxygen atoms in total. The van der Waals surface area contributed by atoms with Crippen molar-refractivity contribution in [2.24, 2.45) is 0 Å². The van der Waals surface area contributed by atoms with Crippen LogP contribution < -0.4 is 5.32 Å². The third-order valence-electron chi connectivity index (χ3n) is 2.37. The molecule has 0 radical (unpaired) electrons. The van der Waals surface area contributed by atoms with E-state index >= 15 is 0 Å². The molecule has 1 aromatic carbocycles. The Bertz CT molecular complexity index is 582. The summed E-state index contributed by atoms with van der Waals surface area (Å²) in [7, 11) is 1.74. The standard InChI is InChI=1S/C12H10F2IN3/c1-6-10(15)12(16-2)18-11(17-6)7-3-8(13)5-9(14)4-7/h3-5H,1-2H3,(H,16,17,18). The lowest BCUT2D eigenvalue weighted by Crippen LogP contribution is -2.03. The lowest BCUT2D eigenvalue weighted by Gasteiger charge is -2.08. The summed E-state index contributed by atoms with van der Waals surface area (Å²) in [5.41, 5.74) is 1.08. The highest BCUT2D eigenvalue weighted by molar-refractivity contribution is 14.1. The molecule has 0 aliphatic carbocycles. The van der Waals surface area contributed by atoms with E-state index in [2.05, 4.69) is 37.9 Å². The Morgan fingerprint density at radius 1 is 1.11 bits per heavy atom. The Hall–Kier alpha value is -1.31. The fourth-order valence-electron chi connectivity index (χ4n) is 1.54. The highest BCUT2D eigenvalue weighted by Crippen LogP contribution is 2.24. The number of rotatable bonds is 2. The average molecular weight is 361 g/mol. The third-order valence-corrected chi connectivity index (χ3v) is 3.67. The molecular formula is C12H10F2IN3. The number of benzene rings is 1. The minimum Gasteiger partial charge on any atom is -0.372 e. The molecule has 6 heteroatoms. The van der Waals surface area contributed by atoms with Crippen molar-refractivity contribution in [2.45, 2.75) is 6.92 Å². The van der Waals surface area contributed by atoms with E-state index in [0.29, 0.717) is 17.2 Å². The summed E-state index contributed by atoms with van der Waals surface area (Å²) in [6.45, 7) is 1.82. The molecule has 2 rings (SSSR count). The molecule has 0 fully saturated rings. The molecule has 1 heterocycles. The summed E-state index contributed by atoms with van der Waals surface area (Å²) < 4.78 is 27.2. The molecule has 0 amide bonds. The van der Waals surface area contributed by atoms with Crippen LogP contribution in [0.15, 0.2) is 18.2 Å². The molecule has 94 valence electrons. The fourth-order valence-corrected chi connectivity index (χ4v) is 2.05. The zero-order chi connectivity index (χ0) is 13.3. The number of hydrogen-bond donors (Lipinski definition) is 1. The summed E-state index contributed by atoms with van der Waals surface area (Å²) in [6, 6.07) is 3.25. The first-order chi connectivity index (χ1) is 8.51. The van der Waals surface area contributed by atoms with Crippen LogP contribution >= 0.6 is 22.6 Å². The highest BCUT2D eigenvalue weighted by atomic mass is 127. The molecule has 0 aliphatic heterocycles. The summed E-state index contributed by atoms with van der Waals surface area (Å²) in [4.78, 5) is 8.48. The largest absolute Gasteiger partial charge is 0.372 e. The topological polar surface area (TPSA) is 37.8 Å². The maximum absolute atomic E-state index is 13.2. The van der Waals surface area contributed by atoms with Crippen LogP contribution in [0.1, 0.15) is 5.69 Å². The predicted molar refractivity (Wildman–Crippen MR) is 74.4 cm³/mol. The molecule has 0 unspecified atom stereocenters. The van der Waals surface area contributed by atoms with Gasteiger partial charge in [-0.1, -0.05) is 0 Å². The van der Waals surface area contributed by atoms with Gasteiger partial charge in [0.1, 0.15) is 17.5 Å². The van der Waals surface area contributed by atoms with Crippen molar-refractivity contribution < 1.29 is 8.78 Å². The number of aryl methyl sites for hydroxylation is 1. The zero-order valence-corrected chi connectivity index (χ0v) is 11.9. The number of hydrogen-bond acceptors (Lipinski definition) is 3. The molecule has 0 aliphatic rings. The highest BCUT2D eigenvalue weighted by Gasteiger charge is 2.11. The van der Waals surface area contributed by atoms with E-state index in [0.717, 1.165) is 15.3 Å². The SMILES string of the molecule is CNc1nc(-c2cc(F)cc(F)c2)nc(C)c1I. The number of halogens is 3. The molecule has 18 heavy (non-hydrogen) atoms. The van der Waals surface area contributed by atoms with E-state index in [1.54, 1.807) is 7.05 Å². The Kier molecular flexibility index (Phi) is 3.74. The second-order valence-electron chi connectivity index (χ2n) is 3.70. The third kappa shape index (κ3) is 2.58. The van der Waals surface area contributed by atoms with Gasteiger partial charge in [0.25, 0.3) is 0 Å². The molecule has 1 N–H and O–H groups in total. The van der Waals surface area contributed by atoms with Gasteiger partial charge in [0, 0.05) is 18.7 Å². The van der Waals surface area contributed by atoms with Gasteiger partial charge in [-0.05, 0) is 41.6 Å². The van der Waals surface area contributed by atoms with Crippen molar-refractivity contribution in [1.82, 2.24) is 9.97 Å². The van der Waals surface area contributed by atoms with Crippen molar-refractivity contribution in [3.63, 3.8) is 0 Å². The van der Waals surface area contributed by atoms with Gasteiger partial charge in [0.15, 0.2) is 5.82 Å². The molecule has 0 saturated heterocycles. The van der Waals surface area contributed by atoms with Crippen LogP contribution in [0.3, 0.4) is 0 Å². The van der Waals surface area contributed by atoms with Crippen molar-refractivity contribution in [3.8, 4) is 11.4 Å². The van der Waals surface area contributed by atoms with E-state index in [9.17, 15) is 8.78 Å². The minimum absolute atomic E-state index is 0.302. The van der Waals surface area contributed by atoms with Gasteiger partial charge in [0.05, 0.1) is 9.26 Å². The lowest BCUT2D eigenvalue weighted by atomic mass is 10.2. The first-order valence-electron chi connectivity index (χ1n) is 5.19. The Morgan fingerprint density at radius 3 is 2.28 bits per heavy atom. The van der Waals surface area contributed by atoms with E-state index < -0.39 is 11.6 Å². The van der Waals surface area contributed by atoms with Crippen LogP contribution in [0.2, 0.25) is 0 Å². The van der Waals surface area contributed by atoms with Crippen LogP contribution in [-0.4, -0.2) is 17.0 Å². The molecule has 0 saturated carbocycles. The molecular weight excluding hydrogens is 351 g/mol. The van der Waals surface area contributed by atoms with Crippen molar-refractivity contribution in [1.29, 1.82) is 0 Å². The van der Waals surface area contributed by atoms with E-state index in [-0.39, 0.29) is 0 Å². The second-order valence-corrected chi connectivity index (χ2v) is 4.78. The van der Waals surface area contributed by atoms with Crippen LogP contribution in [0.4, 0.5) is 14.6 Å². The lowest BCUT2D eigenvalue weighted by molar-refractivity contribution is 0.584. The van der Waals surface area contributed by atoms with Crippen molar-refractivity contribution in [2.75, 3.05) is 12.4 Å². The molecule has 0 atom stereocenters. The number of aromatic nitrogens is 2. The predicted octanol–water partition coefficient (Wildman–Crippen LogP) is 3.38. The van der Waals surface area contributed by atoms with Gasteiger partial charge >= 0.3 is 0 Å². The Balaban J connectivity index is 2.60. The van der Waals surface area contributed by atoms with Gasteiger partial charge in [-0.3, -0.25) is 0 Å². The monoisotopic (exact) mass is 361 g/mol. The van der Waals surface area contributed by atoms with Crippen molar-refractivity contribution >= 4 is 28.4 Å². The molecule has 1 aromatic heterocycles. The summed E-state index contributed by atoms with van der Waals surface area (Å²) in [6.07, 6.45) is 0. The molecule has 0 bridgehead atoms. The molecule has 2 aromatic rings. The maximum Gasteiger partial charge on any atom is 0.162 e. The van der Waals surface area contributed by atoms with Gasteiger partial charge in [-0.2, -0.15) is 0 Å². The van der Waals surface area contributed by atoms with Crippen LogP contribution in [0, 0.1) is 22.1 Å². The van der Waals surface area contributed by atoms with Gasteiger partial charge < -0.3 is 5.32 Å². The molecule has 0 spiro atoms. The van der Waals surface area contributed by atoms with E-state index in [1.807, 2.05) is 6.92 Å². The van der Waals surface area contributed by atoms with E-state index in [1.165, 1.54) is 12.1 Å². The number of anilines is 1. The first-order valence-corrected chi connectivity index (χ1v) is 6.27. The zero-order valence-electron chi connectivity index (χ0n) is 9.76.